The van der Waals surface area contributed by atoms with Crippen LogP contribution < -0.4 is 4.90 Å². The van der Waals surface area contributed by atoms with E-state index in [1.807, 2.05) is 12.3 Å². The van der Waals surface area contributed by atoms with Crippen LogP contribution in [0.4, 0.5) is 5.69 Å². The number of hydrogen-bond acceptors (Lipinski definition) is 5. The molecule has 1 atom stereocenters. The molecule has 0 saturated carbocycles. The number of benzene rings is 1. The third-order valence-electron chi connectivity index (χ3n) is 5.79. The zero-order valence-electron chi connectivity index (χ0n) is 16.3. The number of nitrogens with zero attached hydrogens (tertiary/aromatic N) is 4. The summed E-state index contributed by atoms with van der Waals surface area (Å²) in [7, 11) is 0. The van der Waals surface area contributed by atoms with Crippen LogP contribution in [0.5, 0.6) is 0 Å². The molecule has 1 aromatic carbocycles. The molecular weight excluding hydrogens is 336 g/mol. The van der Waals surface area contributed by atoms with E-state index >= 15 is 0 Å². The fourth-order valence-corrected chi connectivity index (χ4v) is 4.01. The van der Waals surface area contributed by atoms with Crippen LogP contribution in [-0.2, 0) is 11.3 Å². The fourth-order valence-electron chi connectivity index (χ4n) is 4.01. The Morgan fingerprint density at radius 2 is 1.67 bits per heavy atom. The zero-order chi connectivity index (χ0) is 18.5. The van der Waals surface area contributed by atoms with Crippen LogP contribution in [0.15, 0.2) is 48.7 Å². The maximum Gasteiger partial charge on any atom is 0.0594 e. The first-order valence-corrected chi connectivity index (χ1v) is 10.1. The van der Waals surface area contributed by atoms with E-state index in [1.54, 1.807) is 0 Å². The predicted octanol–water partition coefficient (Wildman–Crippen LogP) is 2.80. The van der Waals surface area contributed by atoms with Crippen molar-refractivity contribution in [2.75, 3.05) is 57.4 Å². The molecule has 2 saturated heterocycles. The van der Waals surface area contributed by atoms with Gasteiger partial charge in [0.1, 0.15) is 0 Å². The summed E-state index contributed by atoms with van der Waals surface area (Å²) in [5.74, 6) is 0. The highest BCUT2D eigenvalue weighted by Gasteiger charge is 2.22. The molecule has 5 nitrogen and oxygen atoms in total. The smallest absolute Gasteiger partial charge is 0.0594 e. The van der Waals surface area contributed by atoms with E-state index in [9.17, 15) is 0 Å². The number of morpholine rings is 1. The van der Waals surface area contributed by atoms with Crippen LogP contribution in [-0.4, -0.2) is 67.3 Å². The van der Waals surface area contributed by atoms with Crippen LogP contribution in [0.25, 0.3) is 0 Å². The van der Waals surface area contributed by atoms with Crippen LogP contribution in [0.2, 0.25) is 0 Å². The van der Waals surface area contributed by atoms with Gasteiger partial charge in [-0.25, -0.2) is 0 Å². The number of rotatable bonds is 5. The average Bonchev–Trinajstić information content (AvgIpc) is 2.75. The molecule has 0 radical (unpaired) electrons. The van der Waals surface area contributed by atoms with Crippen molar-refractivity contribution in [1.29, 1.82) is 0 Å². The Morgan fingerprint density at radius 1 is 0.926 bits per heavy atom. The molecule has 0 aliphatic carbocycles. The summed E-state index contributed by atoms with van der Waals surface area (Å²) in [6.07, 6.45) is 1.89. The Morgan fingerprint density at radius 3 is 2.33 bits per heavy atom. The lowest BCUT2D eigenvalue weighted by Gasteiger charge is -2.39. The van der Waals surface area contributed by atoms with Gasteiger partial charge in [-0.15, -0.1) is 0 Å². The molecule has 0 N–H and O–H groups in total. The lowest BCUT2D eigenvalue weighted by atomic mass is 10.1. The van der Waals surface area contributed by atoms with Gasteiger partial charge in [0.15, 0.2) is 0 Å². The monoisotopic (exact) mass is 366 g/mol. The first-order valence-electron chi connectivity index (χ1n) is 10.1. The number of piperazine rings is 1. The van der Waals surface area contributed by atoms with E-state index < -0.39 is 0 Å². The van der Waals surface area contributed by atoms with Gasteiger partial charge in [0.05, 0.1) is 18.9 Å². The summed E-state index contributed by atoms with van der Waals surface area (Å²) in [5.41, 5.74) is 3.90. The van der Waals surface area contributed by atoms with Gasteiger partial charge in [-0.2, -0.15) is 0 Å². The van der Waals surface area contributed by atoms with E-state index in [0.29, 0.717) is 6.04 Å². The number of hydrogen-bond donors (Lipinski definition) is 0. The zero-order valence-corrected chi connectivity index (χ0v) is 16.3. The van der Waals surface area contributed by atoms with Crippen molar-refractivity contribution < 1.29 is 4.74 Å². The molecule has 2 aliphatic rings. The van der Waals surface area contributed by atoms with Crippen molar-refractivity contribution >= 4 is 5.69 Å². The standard InChI is InChI=1S/C22H30N4O/c1-19(22-4-2-3-9-23-22)25-10-12-26(13-11-25)21-7-5-20(6-8-21)18-24-14-16-27-17-15-24/h2-9,19H,10-18H2,1H3. The minimum Gasteiger partial charge on any atom is -0.379 e. The van der Waals surface area contributed by atoms with Crippen molar-refractivity contribution in [2.45, 2.75) is 19.5 Å². The molecule has 2 fully saturated rings. The molecule has 2 aromatic rings. The van der Waals surface area contributed by atoms with E-state index in [1.165, 1.54) is 16.9 Å². The molecule has 3 heterocycles. The minimum atomic E-state index is 0.379. The van der Waals surface area contributed by atoms with Gasteiger partial charge in [0.25, 0.3) is 0 Å². The van der Waals surface area contributed by atoms with Gasteiger partial charge < -0.3 is 9.64 Å². The van der Waals surface area contributed by atoms with E-state index in [4.69, 9.17) is 4.74 Å². The molecule has 2 aliphatic heterocycles. The van der Waals surface area contributed by atoms with E-state index in [-0.39, 0.29) is 0 Å². The average molecular weight is 367 g/mol. The lowest BCUT2D eigenvalue weighted by molar-refractivity contribution is 0.0342. The second kappa shape index (κ2) is 8.83. The fraction of sp³-hybridized carbons (Fsp3) is 0.500. The number of pyridine rings is 1. The Labute approximate surface area is 162 Å². The molecular formula is C22H30N4O. The van der Waals surface area contributed by atoms with Crippen molar-refractivity contribution in [3.63, 3.8) is 0 Å². The van der Waals surface area contributed by atoms with Crippen molar-refractivity contribution in [2.24, 2.45) is 0 Å². The van der Waals surface area contributed by atoms with Crippen molar-refractivity contribution in [3.8, 4) is 0 Å². The third kappa shape index (κ3) is 4.67. The molecule has 1 unspecified atom stereocenters. The van der Waals surface area contributed by atoms with Crippen LogP contribution in [0.1, 0.15) is 24.2 Å². The van der Waals surface area contributed by atoms with Gasteiger partial charge >= 0.3 is 0 Å². The maximum absolute atomic E-state index is 5.43. The molecule has 4 rings (SSSR count). The second-order valence-electron chi connectivity index (χ2n) is 7.51. The largest absolute Gasteiger partial charge is 0.379 e. The number of aromatic nitrogens is 1. The molecule has 1 aromatic heterocycles. The van der Waals surface area contributed by atoms with Crippen LogP contribution >= 0.6 is 0 Å². The second-order valence-corrected chi connectivity index (χ2v) is 7.51. The Bertz CT molecular complexity index is 692. The van der Waals surface area contributed by atoms with Crippen LogP contribution in [0, 0.1) is 0 Å². The molecule has 0 bridgehead atoms. The first kappa shape index (κ1) is 18.4. The summed E-state index contributed by atoms with van der Waals surface area (Å²) in [5, 5.41) is 0. The Hall–Kier alpha value is -1.95. The highest BCUT2D eigenvalue weighted by Crippen LogP contribution is 2.23. The predicted molar refractivity (Wildman–Crippen MR) is 109 cm³/mol. The molecule has 0 amide bonds. The summed E-state index contributed by atoms with van der Waals surface area (Å²) in [4.78, 5) is 12.0. The number of ether oxygens (including phenoxy) is 1. The van der Waals surface area contributed by atoms with E-state index in [0.717, 1.165) is 59.0 Å². The molecule has 5 heteroatoms. The summed E-state index contributed by atoms with van der Waals surface area (Å²) in [6, 6.07) is 15.7. The third-order valence-corrected chi connectivity index (χ3v) is 5.79. The highest BCUT2D eigenvalue weighted by molar-refractivity contribution is 5.48. The van der Waals surface area contributed by atoms with Gasteiger partial charge in [-0.05, 0) is 36.8 Å². The van der Waals surface area contributed by atoms with Gasteiger partial charge in [-0.3, -0.25) is 14.8 Å². The molecule has 0 spiro atoms. The summed E-state index contributed by atoms with van der Waals surface area (Å²) >= 11 is 0. The van der Waals surface area contributed by atoms with Gasteiger partial charge in [0, 0.05) is 63.7 Å². The van der Waals surface area contributed by atoms with E-state index in [2.05, 4.69) is 63.0 Å². The van der Waals surface area contributed by atoms with Crippen molar-refractivity contribution in [3.05, 3.63) is 59.9 Å². The lowest BCUT2D eigenvalue weighted by Crippen LogP contribution is -2.47. The SMILES string of the molecule is CC(c1ccccn1)N1CCN(c2ccc(CN3CCOCC3)cc2)CC1. The Kier molecular flexibility index (Phi) is 6.02. The normalized spacial score (nSPS) is 20.6. The highest BCUT2D eigenvalue weighted by atomic mass is 16.5. The number of anilines is 1. The molecule has 27 heavy (non-hydrogen) atoms. The van der Waals surface area contributed by atoms with Crippen molar-refractivity contribution in [1.82, 2.24) is 14.8 Å². The summed E-state index contributed by atoms with van der Waals surface area (Å²) < 4.78 is 5.43. The minimum absolute atomic E-state index is 0.379. The summed E-state index contributed by atoms with van der Waals surface area (Å²) in [6.45, 7) is 11.4. The molecule has 144 valence electrons. The quantitative estimate of drug-likeness (QED) is 0.812. The first-order chi connectivity index (χ1) is 13.3. The van der Waals surface area contributed by atoms with Gasteiger partial charge in [-0.1, -0.05) is 18.2 Å². The Balaban J connectivity index is 1.30. The van der Waals surface area contributed by atoms with Crippen LogP contribution in [0.3, 0.4) is 0 Å². The van der Waals surface area contributed by atoms with Gasteiger partial charge in [0.2, 0.25) is 0 Å². The topological polar surface area (TPSA) is 31.8 Å². The maximum atomic E-state index is 5.43.